The lowest BCUT2D eigenvalue weighted by atomic mass is 10.3. The molecule has 2 N–H and O–H groups in total. The van der Waals surface area contributed by atoms with Crippen molar-refractivity contribution in [3.63, 3.8) is 0 Å². The van der Waals surface area contributed by atoms with E-state index in [1.54, 1.807) is 14.0 Å². The van der Waals surface area contributed by atoms with Crippen LogP contribution in [-0.2, 0) is 4.79 Å². The summed E-state index contributed by atoms with van der Waals surface area (Å²) >= 11 is 0. The molecule has 0 spiro atoms. The maximum atomic E-state index is 10.8. The number of carbonyl (C=O) groups excluding carboxylic acids is 1. The van der Waals surface area contributed by atoms with E-state index in [-0.39, 0.29) is 5.91 Å². The third-order valence-corrected chi connectivity index (χ3v) is 1.49. The second kappa shape index (κ2) is 3.75. The molecule has 0 heterocycles. The Morgan fingerprint density at radius 3 is 2.27 bits per heavy atom. The summed E-state index contributed by atoms with van der Waals surface area (Å²) in [5.74, 6) is 4.91. The van der Waals surface area contributed by atoms with E-state index in [4.69, 9.17) is 5.84 Å². The van der Waals surface area contributed by atoms with Crippen LogP contribution in [0.5, 0.6) is 0 Å². The van der Waals surface area contributed by atoms with Crippen molar-refractivity contribution in [1.29, 1.82) is 0 Å². The number of hydrogen-bond acceptors (Lipinski definition) is 3. The van der Waals surface area contributed by atoms with Gasteiger partial charge in [0.1, 0.15) is 0 Å². The van der Waals surface area contributed by atoms with E-state index in [9.17, 15) is 4.79 Å². The highest BCUT2D eigenvalue weighted by molar-refractivity contribution is 6.00. The summed E-state index contributed by atoms with van der Waals surface area (Å²) in [7, 11) is 1.62. The van der Waals surface area contributed by atoms with Gasteiger partial charge in [0.2, 0.25) is 5.91 Å². The van der Waals surface area contributed by atoms with Crippen LogP contribution in [0.3, 0.4) is 0 Å². The lowest BCUT2D eigenvalue weighted by Crippen LogP contribution is -2.26. The molecular formula is C7H13N3O. The largest absolute Gasteiger partial charge is 0.323 e. The molecule has 0 saturated heterocycles. The highest BCUT2D eigenvalue weighted by atomic mass is 16.2. The minimum Gasteiger partial charge on any atom is -0.323 e. The molecule has 0 radical (unpaired) electrons. The van der Waals surface area contributed by atoms with Crippen LogP contribution >= 0.6 is 0 Å². The first kappa shape index (κ1) is 9.68. The van der Waals surface area contributed by atoms with Crippen LogP contribution in [-0.4, -0.2) is 23.6 Å². The van der Waals surface area contributed by atoms with E-state index in [1.165, 1.54) is 11.8 Å². The van der Waals surface area contributed by atoms with Gasteiger partial charge in [-0.3, -0.25) is 4.79 Å². The molecule has 0 aliphatic heterocycles. The molecule has 0 aromatic rings. The van der Waals surface area contributed by atoms with Crippen LogP contribution < -0.4 is 5.84 Å². The molecule has 0 rings (SSSR count). The molecule has 62 valence electrons. The van der Waals surface area contributed by atoms with E-state index >= 15 is 0 Å². The molecule has 0 aliphatic rings. The number of nitrogens with two attached hydrogens (primary N) is 1. The molecule has 0 aliphatic carbocycles. The Balaban J connectivity index is 4.38. The molecule has 0 unspecified atom stereocenters. The molecule has 1 amide bonds. The van der Waals surface area contributed by atoms with Gasteiger partial charge >= 0.3 is 0 Å². The highest BCUT2D eigenvalue weighted by Gasteiger charge is 2.08. The Hall–Kier alpha value is -1.32. The van der Waals surface area contributed by atoms with E-state index in [0.717, 1.165) is 0 Å². The van der Waals surface area contributed by atoms with Gasteiger partial charge < -0.3 is 10.7 Å². The van der Waals surface area contributed by atoms with Crippen LogP contribution in [0, 0.1) is 0 Å². The Labute approximate surface area is 66.4 Å². The first-order valence-corrected chi connectivity index (χ1v) is 3.18. The number of allylic oxidation sites excluding steroid dienone is 1. The minimum atomic E-state index is -0.0852. The summed E-state index contributed by atoms with van der Waals surface area (Å²) in [6.07, 6.45) is 0. The first-order valence-electron chi connectivity index (χ1n) is 3.18. The predicted molar refractivity (Wildman–Crippen MR) is 44.9 cm³/mol. The number of hydrazone groups is 1. The standard InChI is InChI=1S/C7H13N3O/c1-5(9-8)6(2)10(4)7(3)11/h2,8H2,1,3-4H3/b9-5-. The highest BCUT2D eigenvalue weighted by Crippen LogP contribution is 2.00. The van der Waals surface area contributed by atoms with Crippen molar-refractivity contribution in [1.82, 2.24) is 4.90 Å². The fraction of sp³-hybridized carbons (Fsp3) is 0.429. The summed E-state index contributed by atoms with van der Waals surface area (Å²) in [5, 5.41) is 3.42. The third-order valence-electron chi connectivity index (χ3n) is 1.49. The van der Waals surface area contributed by atoms with Crippen molar-refractivity contribution in [2.75, 3.05) is 7.05 Å². The number of carbonyl (C=O) groups is 1. The molecular weight excluding hydrogens is 142 g/mol. The molecule has 0 atom stereocenters. The normalized spacial score (nSPS) is 11.0. The average Bonchev–Trinajstić information content (AvgIpc) is 2.00. The maximum absolute atomic E-state index is 10.8. The van der Waals surface area contributed by atoms with Crippen molar-refractivity contribution < 1.29 is 4.79 Å². The average molecular weight is 155 g/mol. The Kier molecular flexibility index (Phi) is 3.30. The smallest absolute Gasteiger partial charge is 0.223 e. The molecule has 0 fully saturated rings. The number of amides is 1. The van der Waals surface area contributed by atoms with Gasteiger partial charge in [-0.2, -0.15) is 5.10 Å². The van der Waals surface area contributed by atoms with Crippen LogP contribution in [0.4, 0.5) is 0 Å². The van der Waals surface area contributed by atoms with Gasteiger partial charge in [0.25, 0.3) is 0 Å². The van der Waals surface area contributed by atoms with E-state index in [1.807, 2.05) is 0 Å². The second-order valence-corrected chi connectivity index (χ2v) is 2.24. The van der Waals surface area contributed by atoms with Crippen molar-refractivity contribution in [3.05, 3.63) is 12.3 Å². The van der Waals surface area contributed by atoms with Gasteiger partial charge in [-0.05, 0) is 6.92 Å². The summed E-state index contributed by atoms with van der Waals surface area (Å²) in [4.78, 5) is 12.2. The fourth-order valence-electron chi connectivity index (χ4n) is 0.507. The molecule has 0 aromatic carbocycles. The van der Waals surface area contributed by atoms with Gasteiger partial charge in [0, 0.05) is 14.0 Å². The first-order chi connectivity index (χ1) is 5.00. The van der Waals surface area contributed by atoms with Gasteiger partial charge in [-0.1, -0.05) is 6.58 Å². The van der Waals surface area contributed by atoms with Gasteiger partial charge in [-0.15, -0.1) is 0 Å². The number of nitrogens with zero attached hydrogens (tertiary/aromatic N) is 2. The number of hydrogen-bond donors (Lipinski definition) is 1. The third kappa shape index (κ3) is 2.41. The van der Waals surface area contributed by atoms with Crippen LogP contribution in [0.15, 0.2) is 17.4 Å². The second-order valence-electron chi connectivity index (χ2n) is 2.24. The van der Waals surface area contributed by atoms with E-state index in [0.29, 0.717) is 11.4 Å². The summed E-state index contributed by atoms with van der Waals surface area (Å²) in [6, 6.07) is 0. The number of rotatable bonds is 2. The summed E-state index contributed by atoms with van der Waals surface area (Å²) < 4.78 is 0. The minimum absolute atomic E-state index is 0.0852. The van der Waals surface area contributed by atoms with E-state index in [2.05, 4.69) is 11.7 Å². The Morgan fingerprint density at radius 2 is 2.00 bits per heavy atom. The van der Waals surface area contributed by atoms with Crippen molar-refractivity contribution in [3.8, 4) is 0 Å². The van der Waals surface area contributed by atoms with Crippen LogP contribution in [0.25, 0.3) is 0 Å². The van der Waals surface area contributed by atoms with E-state index < -0.39 is 0 Å². The van der Waals surface area contributed by atoms with Crippen LogP contribution in [0.1, 0.15) is 13.8 Å². The van der Waals surface area contributed by atoms with Crippen molar-refractivity contribution in [2.24, 2.45) is 10.9 Å². The van der Waals surface area contributed by atoms with Gasteiger partial charge in [0.15, 0.2) is 0 Å². The fourth-order valence-corrected chi connectivity index (χ4v) is 0.507. The molecule has 0 saturated carbocycles. The monoisotopic (exact) mass is 155 g/mol. The van der Waals surface area contributed by atoms with Gasteiger partial charge in [-0.25, -0.2) is 0 Å². The van der Waals surface area contributed by atoms with Crippen molar-refractivity contribution >= 4 is 11.6 Å². The Bertz CT molecular complexity index is 208. The lowest BCUT2D eigenvalue weighted by molar-refractivity contribution is -0.125. The zero-order valence-corrected chi connectivity index (χ0v) is 7.09. The molecule has 0 aromatic heterocycles. The zero-order valence-electron chi connectivity index (χ0n) is 7.09. The Morgan fingerprint density at radius 1 is 1.55 bits per heavy atom. The molecule has 11 heavy (non-hydrogen) atoms. The topological polar surface area (TPSA) is 58.7 Å². The van der Waals surface area contributed by atoms with Crippen molar-refractivity contribution in [2.45, 2.75) is 13.8 Å². The lowest BCUT2D eigenvalue weighted by Gasteiger charge is -2.16. The quantitative estimate of drug-likeness (QED) is 0.354. The maximum Gasteiger partial charge on any atom is 0.223 e. The summed E-state index contributed by atoms with van der Waals surface area (Å²) in [6.45, 7) is 6.79. The molecule has 4 heteroatoms. The molecule has 4 nitrogen and oxygen atoms in total. The SMILES string of the molecule is C=C(/C(C)=N\N)N(C)C(C)=O. The van der Waals surface area contributed by atoms with Gasteiger partial charge in [0.05, 0.1) is 11.4 Å². The zero-order chi connectivity index (χ0) is 9.02. The molecule has 0 bridgehead atoms. The van der Waals surface area contributed by atoms with Crippen LogP contribution in [0.2, 0.25) is 0 Å². The predicted octanol–water partition coefficient (Wildman–Crippen LogP) is 0.313. The summed E-state index contributed by atoms with van der Waals surface area (Å²) in [5.41, 5.74) is 1.09.